The van der Waals surface area contributed by atoms with Crippen molar-refractivity contribution in [2.24, 2.45) is 5.41 Å². The molecule has 5 aromatic rings. The smallest absolute Gasteiger partial charge is 0.212 e. The van der Waals surface area contributed by atoms with Gasteiger partial charge in [0.1, 0.15) is 18.1 Å². The first-order valence-corrected chi connectivity index (χ1v) is 15.7. The number of nitrogens with zero attached hydrogens (tertiary/aromatic N) is 3. The fraction of sp³-hybridized carbons (Fsp3) is 0.324. The molecule has 0 unspecified atom stereocenters. The van der Waals surface area contributed by atoms with Crippen LogP contribution in [-0.4, -0.2) is 32.2 Å². The number of benzene rings is 2. The molecule has 0 aliphatic rings. The number of rotatable bonds is 11. The molecule has 0 spiro atoms. The summed E-state index contributed by atoms with van der Waals surface area (Å²) in [5, 5.41) is 1.14. The number of carbonyl (C=O) groups excluding carboxylic acids is 1. The minimum Gasteiger partial charge on any atom is -0.487 e. The number of ketones is 1. The molecule has 3 heterocycles. The van der Waals surface area contributed by atoms with E-state index < -0.39 is 5.41 Å². The fourth-order valence-electron chi connectivity index (χ4n) is 5.06. The Morgan fingerprint density at radius 1 is 0.909 bits per heavy atom. The third-order valence-electron chi connectivity index (χ3n) is 7.75. The van der Waals surface area contributed by atoms with Crippen molar-refractivity contribution in [1.29, 1.82) is 0 Å². The van der Waals surface area contributed by atoms with Gasteiger partial charge in [0.25, 0.3) is 0 Å². The standard InChI is InChI=1S/C37H41N3O3S/c1-25(41)37(5,6)21-33-35(44-36(2,3)4)31-20-30(43-24-29-10-8-9-19-38-29)16-17-32(31)40(33)23-26-11-13-27(14-12-26)28-15-18-34(42-7)39-22-28/h8-20,22H,21,23-24H2,1-7H3. The summed E-state index contributed by atoms with van der Waals surface area (Å²) in [6.07, 6.45) is 4.25. The molecule has 0 saturated carbocycles. The molecule has 2 aromatic carbocycles. The average molecular weight is 608 g/mol. The highest BCUT2D eigenvalue weighted by molar-refractivity contribution is 8.00. The van der Waals surface area contributed by atoms with Crippen LogP contribution in [0.4, 0.5) is 0 Å². The largest absolute Gasteiger partial charge is 0.487 e. The second kappa shape index (κ2) is 12.9. The van der Waals surface area contributed by atoms with Gasteiger partial charge in [-0.05, 0) is 54.4 Å². The van der Waals surface area contributed by atoms with E-state index in [9.17, 15) is 4.79 Å². The van der Waals surface area contributed by atoms with Gasteiger partial charge < -0.3 is 14.0 Å². The number of pyridine rings is 2. The number of fused-ring (bicyclic) bond motifs is 1. The van der Waals surface area contributed by atoms with E-state index in [1.807, 2.05) is 68.2 Å². The van der Waals surface area contributed by atoms with Crippen molar-refractivity contribution in [3.05, 3.63) is 102 Å². The molecule has 44 heavy (non-hydrogen) atoms. The summed E-state index contributed by atoms with van der Waals surface area (Å²) in [6.45, 7) is 13.6. The molecule has 0 aliphatic heterocycles. The Bertz CT molecular complexity index is 1740. The lowest BCUT2D eigenvalue weighted by Gasteiger charge is -2.25. The number of methoxy groups -OCH3 is 1. The first-order valence-electron chi connectivity index (χ1n) is 14.9. The molecule has 0 saturated heterocycles. The van der Waals surface area contributed by atoms with Crippen LogP contribution in [0.2, 0.25) is 0 Å². The second-order valence-electron chi connectivity index (χ2n) is 12.8. The SMILES string of the molecule is COc1ccc(-c2ccc(Cn3c(CC(C)(C)C(C)=O)c(SC(C)(C)C)c4cc(OCc5ccccn5)ccc43)cc2)cn1. The van der Waals surface area contributed by atoms with Crippen LogP contribution in [0.25, 0.3) is 22.0 Å². The Morgan fingerprint density at radius 2 is 1.66 bits per heavy atom. The van der Waals surface area contributed by atoms with E-state index >= 15 is 0 Å². The molecular weight excluding hydrogens is 566 g/mol. The van der Waals surface area contributed by atoms with Gasteiger partial charge in [-0.15, -0.1) is 11.8 Å². The summed E-state index contributed by atoms with van der Waals surface area (Å²) in [5.41, 5.74) is 5.98. The lowest BCUT2D eigenvalue weighted by Crippen LogP contribution is -2.26. The second-order valence-corrected chi connectivity index (χ2v) is 14.6. The lowest BCUT2D eigenvalue weighted by molar-refractivity contribution is -0.124. The van der Waals surface area contributed by atoms with Gasteiger partial charge >= 0.3 is 0 Å². The third kappa shape index (κ3) is 7.33. The molecule has 0 amide bonds. The number of ether oxygens (including phenoxy) is 2. The summed E-state index contributed by atoms with van der Waals surface area (Å²) in [4.78, 5) is 22.7. The van der Waals surface area contributed by atoms with Gasteiger partial charge in [-0.2, -0.15) is 0 Å². The maximum absolute atomic E-state index is 12.8. The average Bonchev–Trinajstić information content (AvgIpc) is 3.26. The fourth-order valence-corrected chi connectivity index (χ4v) is 6.25. The van der Waals surface area contributed by atoms with Crippen LogP contribution in [0, 0.1) is 5.41 Å². The zero-order chi connectivity index (χ0) is 31.5. The molecule has 7 heteroatoms. The van der Waals surface area contributed by atoms with E-state index in [2.05, 4.69) is 71.7 Å². The molecule has 0 bridgehead atoms. The van der Waals surface area contributed by atoms with Crippen molar-refractivity contribution in [2.45, 2.75) is 70.8 Å². The number of aromatic nitrogens is 3. The monoisotopic (exact) mass is 607 g/mol. The van der Waals surface area contributed by atoms with Crippen LogP contribution < -0.4 is 9.47 Å². The molecule has 0 aliphatic carbocycles. The summed E-state index contributed by atoms with van der Waals surface area (Å²) in [5.74, 6) is 1.57. The van der Waals surface area contributed by atoms with E-state index in [4.69, 9.17) is 9.47 Å². The van der Waals surface area contributed by atoms with Gasteiger partial charge in [0.2, 0.25) is 5.88 Å². The van der Waals surface area contributed by atoms with Gasteiger partial charge in [-0.3, -0.25) is 9.78 Å². The Labute approximate surface area is 264 Å². The van der Waals surface area contributed by atoms with Crippen molar-refractivity contribution < 1.29 is 14.3 Å². The first kappa shape index (κ1) is 31.3. The maximum atomic E-state index is 12.8. The van der Waals surface area contributed by atoms with Crippen LogP contribution in [-0.2, 0) is 24.4 Å². The van der Waals surface area contributed by atoms with Crippen LogP contribution in [0.1, 0.15) is 58.5 Å². The predicted molar refractivity (Wildman–Crippen MR) is 180 cm³/mol. The molecule has 6 nitrogen and oxygen atoms in total. The lowest BCUT2D eigenvalue weighted by atomic mass is 9.84. The van der Waals surface area contributed by atoms with Crippen LogP contribution in [0.15, 0.2) is 90.1 Å². The highest BCUT2D eigenvalue weighted by Crippen LogP contribution is 2.44. The number of hydrogen-bond donors (Lipinski definition) is 0. The van der Waals surface area contributed by atoms with Gasteiger partial charge in [0.15, 0.2) is 0 Å². The Balaban J connectivity index is 1.57. The van der Waals surface area contributed by atoms with Gasteiger partial charge in [0, 0.05) is 68.6 Å². The summed E-state index contributed by atoms with van der Waals surface area (Å²) in [6, 6.07) is 24.7. The summed E-state index contributed by atoms with van der Waals surface area (Å²) < 4.78 is 13.8. The van der Waals surface area contributed by atoms with Crippen LogP contribution in [0.3, 0.4) is 0 Å². The molecule has 228 valence electrons. The Morgan fingerprint density at radius 3 is 2.27 bits per heavy atom. The van der Waals surface area contributed by atoms with Gasteiger partial charge in [-0.25, -0.2) is 4.98 Å². The highest BCUT2D eigenvalue weighted by atomic mass is 32.2. The van der Waals surface area contributed by atoms with Crippen molar-refractivity contribution >= 4 is 28.4 Å². The molecular formula is C37H41N3O3S. The molecule has 0 atom stereocenters. The van der Waals surface area contributed by atoms with E-state index in [0.717, 1.165) is 33.5 Å². The first-order chi connectivity index (χ1) is 20.9. The normalized spacial score (nSPS) is 12.0. The summed E-state index contributed by atoms with van der Waals surface area (Å²) >= 11 is 1.85. The minimum atomic E-state index is -0.511. The predicted octanol–water partition coefficient (Wildman–Crippen LogP) is 8.78. The zero-order valence-electron chi connectivity index (χ0n) is 26.7. The van der Waals surface area contributed by atoms with E-state index in [-0.39, 0.29) is 10.5 Å². The molecule has 3 aromatic heterocycles. The molecule has 0 fully saturated rings. The van der Waals surface area contributed by atoms with E-state index in [0.29, 0.717) is 25.5 Å². The topological polar surface area (TPSA) is 66.2 Å². The zero-order valence-corrected chi connectivity index (χ0v) is 27.5. The molecule has 5 rings (SSSR count). The van der Waals surface area contributed by atoms with Gasteiger partial charge in [-0.1, -0.05) is 65.0 Å². The quantitative estimate of drug-likeness (QED) is 0.140. The van der Waals surface area contributed by atoms with Gasteiger partial charge in [0.05, 0.1) is 12.8 Å². The number of thioether (sulfide) groups is 1. The molecule has 0 N–H and O–H groups in total. The number of Topliss-reactive ketones (excluding diaryl/α,β-unsaturated/α-hetero) is 1. The van der Waals surface area contributed by atoms with Crippen molar-refractivity contribution in [1.82, 2.24) is 14.5 Å². The minimum absolute atomic E-state index is 0.0346. The Hall–Kier alpha value is -4.10. The third-order valence-corrected chi connectivity index (χ3v) is 9.02. The highest BCUT2D eigenvalue weighted by Gasteiger charge is 2.31. The number of hydrogen-bond acceptors (Lipinski definition) is 6. The number of carbonyl (C=O) groups is 1. The molecule has 0 radical (unpaired) electrons. The van der Waals surface area contributed by atoms with E-state index in [1.165, 1.54) is 16.2 Å². The Kier molecular flexibility index (Phi) is 9.16. The van der Waals surface area contributed by atoms with Crippen LogP contribution in [0.5, 0.6) is 11.6 Å². The van der Waals surface area contributed by atoms with Crippen molar-refractivity contribution in [2.75, 3.05) is 7.11 Å². The van der Waals surface area contributed by atoms with E-state index in [1.54, 1.807) is 20.2 Å². The van der Waals surface area contributed by atoms with Crippen molar-refractivity contribution in [3.63, 3.8) is 0 Å². The maximum Gasteiger partial charge on any atom is 0.212 e. The van der Waals surface area contributed by atoms with Crippen LogP contribution >= 0.6 is 11.8 Å². The van der Waals surface area contributed by atoms with Crippen molar-refractivity contribution in [3.8, 4) is 22.8 Å². The summed E-state index contributed by atoms with van der Waals surface area (Å²) in [7, 11) is 1.62.